The number of rotatable bonds is 12. The van der Waals surface area contributed by atoms with Gasteiger partial charge in [0.25, 0.3) is 11.7 Å². The number of allylic oxidation sites excluding steroid dienone is 4. The zero-order valence-electron chi connectivity index (χ0n) is 39.5. The molecule has 1 aliphatic carbocycles. The lowest BCUT2D eigenvalue weighted by atomic mass is 9.81. The molecule has 3 fully saturated rings. The second-order valence-corrected chi connectivity index (χ2v) is 19.7. The fourth-order valence-corrected chi connectivity index (χ4v) is 10.5. The normalized spacial score (nSPS) is 37.7. The second-order valence-electron chi connectivity index (χ2n) is 18.9. The fraction of sp³-hybridized carbons (Fsp3) is 0.776. The number of methoxy groups -OCH3 is 3. The van der Waals surface area contributed by atoms with Crippen LogP contribution in [0.2, 0.25) is 0 Å². The molecule has 3 aliphatic heterocycles. The molecule has 4 rings (SSSR count). The van der Waals surface area contributed by atoms with Crippen LogP contribution >= 0.6 is 15.9 Å². The Labute approximate surface area is 389 Å². The average Bonchev–Trinajstić information content (AvgIpc) is 3.27. The molecule has 0 spiro atoms. The summed E-state index contributed by atoms with van der Waals surface area (Å²) >= 11 is 3.39. The van der Waals surface area contributed by atoms with Gasteiger partial charge in [-0.25, -0.2) is 4.79 Å². The van der Waals surface area contributed by atoms with Crippen molar-refractivity contribution in [1.82, 2.24) is 4.90 Å². The van der Waals surface area contributed by atoms with E-state index in [-0.39, 0.29) is 55.5 Å². The number of nitrogens with zero attached hydrogens (tertiary/aromatic N) is 1. The van der Waals surface area contributed by atoms with Crippen molar-refractivity contribution < 1.29 is 62.6 Å². The van der Waals surface area contributed by atoms with Gasteiger partial charge in [0.1, 0.15) is 30.1 Å². The molecule has 14 nitrogen and oxygen atoms in total. The summed E-state index contributed by atoms with van der Waals surface area (Å²) in [5, 5.41) is 24.8. The molecule has 0 aromatic carbocycles. The molecule has 2 bridgehead atoms. The number of aliphatic hydroxyl groups is 2. The lowest BCUT2D eigenvalue weighted by molar-refractivity contribution is -0.302. The number of halogens is 1. The average molecular weight is 967 g/mol. The molecular formula is C49H76BrNO13. The first-order valence-electron chi connectivity index (χ1n) is 23.4. The first-order valence-corrected chi connectivity index (χ1v) is 24.5. The summed E-state index contributed by atoms with van der Waals surface area (Å²) in [6.07, 6.45) is 6.86. The molecule has 1 saturated carbocycles. The quantitative estimate of drug-likeness (QED) is 0.0689. The third-order valence-corrected chi connectivity index (χ3v) is 14.5. The summed E-state index contributed by atoms with van der Waals surface area (Å²) < 4.78 is 36.0. The van der Waals surface area contributed by atoms with Crippen molar-refractivity contribution in [2.24, 2.45) is 29.6 Å². The maximum atomic E-state index is 14.5. The number of esters is 2. The van der Waals surface area contributed by atoms with Crippen LogP contribution in [0, 0.1) is 29.6 Å². The number of hydrogen-bond acceptors (Lipinski definition) is 13. The largest absolute Gasteiger partial charge is 0.460 e. The zero-order valence-corrected chi connectivity index (χ0v) is 41.1. The summed E-state index contributed by atoms with van der Waals surface area (Å²) in [7, 11) is 4.64. The van der Waals surface area contributed by atoms with Crippen molar-refractivity contribution >= 4 is 45.3 Å². The zero-order chi connectivity index (χ0) is 47.3. The fourth-order valence-electron chi connectivity index (χ4n) is 10.1. The smallest absolute Gasteiger partial charge is 0.329 e. The third-order valence-electron chi connectivity index (χ3n) is 13.9. The molecule has 2 saturated heterocycles. The number of aliphatic hydroxyl groups excluding tert-OH is 1. The Bertz CT molecular complexity index is 1670. The minimum Gasteiger partial charge on any atom is -0.460 e. The Hall–Kier alpha value is -2.79. The molecule has 2 N–H and O–H groups in total. The highest BCUT2D eigenvalue weighted by atomic mass is 79.9. The minimum absolute atomic E-state index is 0.00247. The van der Waals surface area contributed by atoms with Crippen LogP contribution in [0.25, 0.3) is 0 Å². The van der Waals surface area contributed by atoms with Gasteiger partial charge in [0, 0.05) is 63.8 Å². The number of ketones is 2. The van der Waals surface area contributed by atoms with Crippen molar-refractivity contribution in [2.45, 2.75) is 179 Å². The SMILES string of the molecule is C=CC[C@@H]1/C=C(\C)C[C@H](C)C[C@H](OC)C2O[C@@](O)(C(=O)C(=O)N3CCCC[C@H]3C(=O)O[C@H](/C(C)=C/[C@@H]3CC[C@@H](OC(=O)CCCCBr)[C@H](OC)C3)[C@H](C)[C@@H](O)CC1=O)[C@H](C)C[C@@H]2OC. The lowest BCUT2D eigenvalue weighted by Gasteiger charge is -2.47. The van der Waals surface area contributed by atoms with Crippen LogP contribution < -0.4 is 0 Å². The van der Waals surface area contributed by atoms with E-state index in [1.807, 2.05) is 32.9 Å². The van der Waals surface area contributed by atoms with Gasteiger partial charge in [-0.2, -0.15) is 0 Å². The predicted molar refractivity (Wildman–Crippen MR) is 244 cm³/mol. The Morgan fingerprint density at radius 3 is 2.30 bits per heavy atom. The first kappa shape index (κ1) is 53.8. The van der Waals surface area contributed by atoms with E-state index in [4.69, 9.17) is 28.4 Å². The first-order chi connectivity index (χ1) is 30.4. The predicted octanol–water partition coefficient (Wildman–Crippen LogP) is 6.76. The maximum Gasteiger partial charge on any atom is 0.329 e. The summed E-state index contributed by atoms with van der Waals surface area (Å²) in [6, 6.07) is -1.17. The molecule has 4 aliphatic rings. The lowest BCUT2D eigenvalue weighted by Crippen LogP contribution is -2.64. The van der Waals surface area contributed by atoms with E-state index in [9.17, 15) is 34.2 Å². The van der Waals surface area contributed by atoms with E-state index < -0.39 is 83.9 Å². The van der Waals surface area contributed by atoms with E-state index in [0.717, 1.165) is 23.7 Å². The van der Waals surface area contributed by atoms with E-state index >= 15 is 0 Å². The van der Waals surface area contributed by atoms with Gasteiger partial charge >= 0.3 is 11.9 Å². The summed E-state index contributed by atoms with van der Waals surface area (Å²) in [4.78, 5) is 71.0. The highest BCUT2D eigenvalue weighted by molar-refractivity contribution is 9.09. The van der Waals surface area contributed by atoms with Gasteiger partial charge in [-0.3, -0.25) is 19.2 Å². The molecule has 64 heavy (non-hydrogen) atoms. The monoisotopic (exact) mass is 965 g/mol. The highest BCUT2D eigenvalue weighted by Gasteiger charge is 2.56. The van der Waals surface area contributed by atoms with Gasteiger partial charge in [0.2, 0.25) is 5.79 Å². The molecular weight excluding hydrogens is 890 g/mol. The van der Waals surface area contributed by atoms with Gasteiger partial charge in [-0.1, -0.05) is 60.5 Å². The van der Waals surface area contributed by atoms with Crippen LogP contribution in [0.5, 0.6) is 0 Å². The van der Waals surface area contributed by atoms with Crippen molar-refractivity contribution in [3.05, 3.63) is 36.0 Å². The van der Waals surface area contributed by atoms with Gasteiger partial charge in [0.05, 0.1) is 24.4 Å². The number of piperidine rings is 1. The number of cyclic esters (lactones) is 1. The van der Waals surface area contributed by atoms with Crippen molar-refractivity contribution in [1.29, 1.82) is 0 Å². The minimum atomic E-state index is -2.53. The van der Waals surface area contributed by atoms with Crippen LogP contribution in [0.3, 0.4) is 0 Å². The van der Waals surface area contributed by atoms with Crippen LogP contribution in [0.15, 0.2) is 36.0 Å². The molecule has 0 aromatic rings. The number of carbonyl (C=O) groups is 5. The molecule has 1 unspecified atom stereocenters. The highest BCUT2D eigenvalue weighted by Crippen LogP contribution is 2.39. The Balaban J connectivity index is 1.72. The number of unbranched alkanes of at least 4 members (excludes halogenated alkanes) is 1. The third kappa shape index (κ3) is 13.9. The molecule has 14 atom stereocenters. The van der Waals surface area contributed by atoms with Crippen LogP contribution in [0.1, 0.15) is 125 Å². The van der Waals surface area contributed by atoms with Crippen LogP contribution in [0.4, 0.5) is 0 Å². The van der Waals surface area contributed by atoms with Gasteiger partial charge in [0.15, 0.2) is 0 Å². The number of hydrogen-bond donors (Lipinski definition) is 2. The van der Waals surface area contributed by atoms with Crippen LogP contribution in [-0.2, 0) is 52.4 Å². The summed E-state index contributed by atoms with van der Waals surface area (Å²) in [5.41, 5.74) is 1.59. The van der Waals surface area contributed by atoms with E-state index in [1.54, 1.807) is 27.0 Å². The Morgan fingerprint density at radius 2 is 1.64 bits per heavy atom. The van der Waals surface area contributed by atoms with Crippen LogP contribution in [-0.4, -0.2) is 132 Å². The van der Waals surface area contributed by atoms with Gasteiger partial charge in [-0.05, 0) is 108 Å². The topological polar surface area (TPSA) is 184 Å². The number of carbonyl (C=O) groups excluding carboxylic acids is 5. The Kier molecular flexibility index (Phi) is 21.3. The molecule has 362 valence electrons. The van der Waals surface area contributed by atoms with Crippen molar-refractivity contribution in [3.8, 4) is 0 Å². The summed E-state index contributed by atoms with van der Waals surface area (Å²) in [5.74, 6) is -8.20. The number of alkyl halides is 1. The van der Waals surface area contributed by atoms with Crippen molar-refractivity contribution in [2.75, 3.05) is 33.2 Å². The summed E-state index contributed by atoms with van der Waals surface area (Å²) in [6.45, 7) is 13.1. The van der Waals surface area contributed by atoms with E-state index in [2.05, 4.69) is 22.5 Å². The van der Waals surface area contributed by atoms with Crippen molar-refractivity contribution in [3.63, 3.8) is 0 Å². The molecule has 1 amide bonds. The van der Waals surface area contributed by atoms with E-state index in [1.165, 1.54) is 19.1 Å². The number of fused-ring (bicyclic) bond motifs is 3. The Morgan fingerprint density at radius 1 is 0.953 bits per heavy atom. The molecule has 0 aromatic heterocycles. The number of ether oxygens (including phenoxy) is 6. The number of amides is 1. The second kappa shape index (κ2) is 25.4. The van der Waals surface area contributed by atoms with Gasteiger partial charge in [-0.15, -0.1) is 6.58 Å². The number of Topliss-reactive ketones (excluding diaryl/α,β-unsaturated/α-hetero) is 2. The standard InChI is InChI=1S/C49H76BrNO13/c1-10-15-35-23-29(2)22-30(3)24-41(60-8)45-42(61-9)26-32(5)49(58,64-45)46(55)47(56)51-21-14-12-16-36(51)48(57)63-44(33(6)37(52)28-38(35)53)31(4)25-34-18-19-39(40(27-34)59-7)62-43(54)17-11-13-20-50/h10,23,25,30,32-37,39-42,44-45,52,58H,1,11-22,24,26-28H2,2-9H3/b29-23+,31-25+/t30-,32+,33+,34-,35+,36-,37-,39+,40+,41-,42-,44+,45?,49+/m0/s1. The maximum absolute atomic E-state index is 14.5. The van der Waals surface area contributed by atoms with Gasteiger partial charge < -0.3 is 43.5 Å². The molecule has 3 heterocycles. The molecule has 15 heteroatoms. The molecule has 0 radical (unpaired) electrons. The van der Waals surface area contributed by atoms with E-state index in [0.29, 0.717) is 63.4 Å².